The number of hydrogen-bond acceptors (Lipinski definition) is 23. The summed E-state index contributed by atoms with van der Waals surface area (Å²) in [5, 5.41) is 14.2. The molecule has 14 heterocycles. The molecule has 0 radical (unpaired) electrons. The van der Waals surface area contributed by atoms with Gasteiger partial charge in [-0.25, -0.2) is 64.8 Å². The number of aryl methyl sites for hydroxylation is 1. The monoisotopic (exact) mass is 1400 g/mol. The number of aliphatic imine (C=N–C) groups is 2. The number of H-pyrrole nitrogens is 1. The minimum atomic E-state index is -0.348. The summed E-state index contributed by atoms with van der Waals surface area (Å²) >= 11 is 0. The molecule has 33 heteroatoms. The fraction of sp³-hybridized carbons (Fsp3) is 0.449. The lowest BCUT2D eigenvalue weighted by molar-refractivity contribution is -0.131. The Balaban J connectivity index is 0.000000151. The van der Waals surface area contributed by atoms with Gasteiger partial charge in [0.2, 0.25) is 5.91 Å². The number of fused-ring (bicyclic) bond motifs is 6. The van der Waals surface area contributed by atoms with Crippen LogP contribution in [-0.2, 0) is 42.8 Å². The quantitative estimate of drug-likeness (QED) is 0.0702. The Kier molecular flexibility index (Phi) is 21.1. The largest absolute Gasteiger partial charge is 0.382 e. The lowest BCUT2D eigenvalue weighted by atomic mass is 10.1. The third-order valence-corrected chi connectivity index (χ3v) is 15.5. The molecule has 10 N–H and O–H groups in total. The second kappa shape index (κ2) is 28.2. The molecule has 0 saturated heterocycles. The van der Waals surface area contributed by atoms with Gasteiger partial charge in [-0.15, -0.1) is 0 Å². The molecule has 9 aromatic rings. The number of anilines is 3. The van der Waals surface area contributed by atoms with Crippen LogP contribution in [0, 0.1) is 6.92 Å². The number of Topliss-reactive ketones (excluding diaryl/α,β-unsaturated/α-hetero) is 1. The minimum absolute atomic E-state index is 0.0170. The first kappa shape index (κ1) is 76.2. The van der Waals surface area contributed by atoms with Gasteiger partial charge in [-0.2, -0.15) is 0 Å². The predicted octanol–water partition coefficient (Wildman–Crippen LogP) is 8.78. The topological polar surface area (TPSA) is 413 Å². The van der Waals surface area contributed by atoms with Crippen molar-refractivity contribution in [3.63, 3.8) is 0 Å². The molecule has 9 aromatic heterocycles. The Morgan fingerprint density at radius 2 is 0.971 bits per heavy atom. The predicted molar refractivity (Wildman–Crippen MR) is 394 cm³/mol. The van der Waals surface area contributed by atoms with Gasteiger partial charge in [0.1, 0.15) is 70.1 Å². The highest BCUT2D eigenvalue weighted by atomic mass is 16.2. The van der Waals surface area contributed by atoms with Crippen molar-refractivity contribution in [3.8, 4) is 0 Å². The number of amides is 3. The Hall–Kier alpha value is -11.5. The van der Waals surface area contributed by atoms with Crippen LogP contribution in [0.5, 0.6) is 0 Å². The molecule has 0 bridgehead atoms. The lowest BCUT2D eigenvalue weighted by Crippen LogP contribution is -2.48. The van der Waals surface area contributed by atoms with Crippen molar-refractivity contribution in [2.24, 2.45) is 15.7 Å². The maximum atomic E-state index is 11.9. The minimum Gasteiger partial charge on any atom is -0.382 e. The average molecular weight is 1400 g/mol. The van der Waals surface area contributed by atoms with Crippen LogP contribution in [-0.4, -0.2) is 133 Å². The molecular formula is C69H96N28O5. The molecule has 5 aliphatic heterocycles. The summed E-state index contributed by atoms with van der Waals surface area (Å²) in [7, 11) is 0. The summed E-state index contributed by atoms with van der Waals surface area (Å²) < 4.78 is 11.8. The second-order valence-electron chi connectivity index (χ2n) is 31.3. The number of hydrogen-bond donors (Lipinski definition) is 8. The van der Waals surface area contributed by atoms with E-state index in [0.29, 0.717) is 98.2 Å². The number of carbonyl (C=O) groups is 4. The van der Waals surface area contributed by atoms with E-state index in [1.165, 1.54) is 6.33 Å². The van der Waals surface area contributed by atoms with Crippen LogP contribution in [0.4, 0.5) is 23.3 Å². The molecule has 0 aliphatic carbocycles. The molecule has 0 unspecified atom stereocenters. The van der Waals surface area contributed by atoms with E-state index in [0.717, 1.165) is 22.6 Å². The first-order valence-corrected chi connectivity index (χ1v) is 32.8. The van der Waals surface area contributed by atoms with Gasteiger partial charge in [-0.3, -0.25) is 28.9 Å². The average Bonchev–Trinajstić information content (AvgIpc) is 1.63. The van der Waals surface area contributed by atoms with Crippen LogP contribution in [0.1, 0.15) is 191 Å². The lowest BCUT2D eigenvalue weighted by Gasteiger charge is -2.35. The van der Waals surface area contributed by atoms with E-state index >= 15 is 0 Å². The van der Waals surface area contributed by atoms with Crippen molar-refractivity contribution in [3.05, 3.63) is 139 Å². The first-order valence-electron chi connectivity index (χ1n) is 32.8. The second-order valence-corrected chi connectivity index (χ2v) is 31.3. The third-order valence-electron chi connectivity index (χ3n) is 15.5. The van der Waals surface area contributed by atoms with Crippen LogP contribution >= 0.6 is 0 Å². The van der Waals surface area contributed by atoms with Gasteiger partial charge in [0, 0.05) is 51.4 Å². The molecule has 0 aromatic carbocycles. The van der Waals surface area contributed by atoms with Gasteiger partial charge in [0.05, 0.1) is 56.2 Å². The number of nitrogen functional groups attached to an aromatic ring is 1. The van der Waals surface area contributed by atoms with E-state index in [1.54, 1.807) is 68.5 Å². The third kappa shape index (κ3) is 17.0. The maximum absolute atomic E-state index is 11.9. The van der Waals surface area contributed by atoms with E-state index < -0.39 is 0 Å². The van der Waals surface area contributed by atoms with Gasteiger partial charge in [-0.05, 0) is 152 Å². The van der Waals surface area contributed by atoms with Crippen LogP contribution in [0.25, 0.3) is 33.5 Å². The van der Waals surface area contributed by atoms with Gasteiger partial charge in [0.15, 0.2) is 57.1 Å². The summed E-state index contributed by atoms with van der Waals surface area (Å²) in [5.41, 5.74) is 16.8. The Bertz CT molecular complexity index is 4870. The SMILES string of the molecule is C=C1N=C(N)c2ncn(C(C)(C)C)c2N1.C=C1NC(=O)C2=C(N1)N(C(C)(C)C)C(=O)C2.C=C1NC(=O)c2ncn(C(C)(C)C)c2N1.CC(C)(C)n1cnc2c(N)ncnc21.CC(C)(C)n1cnc2c1N=CCC2=O.CC(C)(C)n1cnc2cncnc21.Cc1nc2c(ncn2C(C)(C)C)c(=O)[nH]1. The zero-order valence-electron chi connectivity index (χ0n) is 62.4. The number of amidine groups is 1. The van der Waals surface area contributed by atoms with E-state index in [4.69, 9.17) is 11.5 Å². The van der Waals surface area contributed by atoms with Crippen molar-refractivity contribution in [1.82, 2.24) is 108 Å². The summed E-state index contributed by atoms with van der Waals surface area (Å²) in [6, 6.07) is 0. The smallest absolute Gasteiger partial charge is 0.279 e. The Morgan fingerprint density at radius 1 is 0.480 bits per heavy atom. The normalized spacial score (nSPS) is 15.1. The number of rotatable bonds is 0. The first-order chi connectivity index (χ1) is 47.1. The van der Waals surface area contributed by atoms with Gasteiger partial charge in [-0.1, -0.05) is 19.7 Å². The molecular weight excluding hydrogens is 1300 g/mol. The van der Waals surface area contributed by atoms with Crippen molar-refractivity contribution >= 4 is 92.3 Å². The highest BCUT2D eigenvalue weighted by molar-refractivity contribution is 6.08. The van der Waals surface area contributed by atoms with Crippen molar-refractivity contribution in [1.29, 1.82) is 0 Å². The fourth-order valence-electron chi connectivity index (χ4n) is 10.6. The number of nitrogens with zero attached hydrogens (tertiary/aromatic N) is 20. The molecule has 5 aliphatic rings. The van der Waals surface area contributed by atoms with Crippen molar-refractivity contribution < 1.29 is 19.2 Å². The number of ketones is 1. The fourth-order valence-corrected chi connectivity index (χ4v) is 10.6. The zero-order chi connectivity index (χ0) is 75.9. The van der Waals surface area contributed by atoms with Gasteiger partial charge >= 0.3 is 0 Å². The summed E-state index contributed by atoms with van der Waals surface area (Å²) in [5.74, 6) is 5.27. The molecule has 102 heavy (non-hydrogen) atoms. The van der Waals surface area contributed by atoms with Crippen LogP contribution in [0.2, 0.25) is 0 Å². The summed E-state index contributed by atoms with van der Waals surface area (Å²) in [4.78, 5) is 116. The van der Waals surface area contributed by atoms with Gasteiger partial charge < -0.3 is 70.4 Å². The molecule has 0 fully saturated rings. The molecule has 0 atom stereocenters. The summed E-state index contributed by atoms with van der Waals surface area (Å²) in [6.07, 6.45) is 17.2. The van der Waals surface area contributed by atoms with Crippen LogP contribution in [0.3, 0.4) is 0 Å². The molecule has 0 spiro atoms. The zero-order valence-corrected chi connectivity index (χ0v) is 62.4. The van der Waals surface area contributed by atoms with E-state index in [-0.39, 0.29) is 74.3 Å². The highest BCUT2D eigenvalue weighted by Gasteiger charge is 2.42. The summed E-state index contributed by atoms with van der Waals surface area (Å²) in [6.45, 7) is 56.0. The highest BCUT2D eigenvalue weighted by Crippen LogP contribution is 2.34. The number of nitrogens with two attached hydrogens (primary N) is 2. The standard InChI is InChI=1S/C11H15N3O2.C10H15N5.2C10H14N4O.C10H13N3O.C9H13N5.C9H12N4/c1-6-12-9-7(10(16)13-6)5-8(15)14(9)11(2,3)4;1-6-13-8(11)7-9(14-6)15(5-12-7)10(2,3)4;2*1-6-12-8-7(9(15)13-6)11-5-14(8)10(2,3)4;1-10(2,3)13-6-12-8-7(14)4-5-11-9(8)13;1-9(2,3)14-5-13-6-7(10)11-4-12-8(6)14;1-9(2,3)13-6-12-7-4-10-5-11-8(7)13/h12H,1,5H2,2-4H3,(H,13,16);5,14H,1H2,2-4H3,(H2,11,13);5H,1-4H3,(H,12,13,15);5,12H,1H2,2-4H3,(H,13,15);5-6H,4H2,1-3H3;4-5H,1-3H3,(H2,10,11,12);4-6H,1-3H3. The number of aromatic amines is 1. The molecule has 33 nitrogen and oxygen atoms in total. The van der Waals surface area contributed by atoms with Crippen molar-refractivity contribution in [2.75, 3.05) is 16.4 Å². The van der Waals surface area contributed by atoms with Crippen LogP contribution < -0.4 is 43.6 Å². The van der Waals surface area contributed by atoms with Gasteiger partial charge in [0.25, 0.3) is 17.4 Å². The Morgan fingerprint density at radius 3 is 1.56 bits per heavy atom. The molecule has 542 valence electrons. The number of nitrogens with one attached hydrogen (secondary N) is 6. The number of carbonyl (C=O) groups excluding carboxylic acids is 4. The molecule has 3 amide bonds. The van der Waals surface area contributed by atoms with Crippen molar-refractivity contribution in [2.45, 2.75) is 204 Å². The Labute approximate surface area is 591 Å². The molecule has 14 rings (SSSR count). The number of imidazole rings is 6. The van der Waals surface area contributed by atoms with Crippen LogP contribution in [0.15, 0.2) is 120 Å². The van der Waals surface area contributed by atoms with E-state index in [2.05, 4.69) is 199 Å². The molecule has 0 saturated carbocycles. The maximum Gasteiger partial charge on any atom is 0.279 e. The number of aromatic nitrogens is 18. The van der Waals surface area contributed by atoms with E-state index in [9.17, 15) is 24.0 Å². The van der Waals surface area contributed by atoms with E-state index in [1.807, 2.05) is 89.7 Å².